The number of rotatable bonds is 2. The highest BCUT2D eigenvalue weighted by Crippen LogP contribution is 2.32. The second-order valence-electron chi connectivity index (χ2n) is 3.56. The summed E-state index contributed by atoms with van der Waals surface area (Å²) in [5, 5.41) is 17.7. The summed E-state index contributed by atoms with van der Waals surface area (Å²) in [4.78, 5) is 3.94. The van der Waals surface area contributed by atoms with Crippen LogP contribution < -0.4 is 10.5 Å². The van der Waals surface area contributed by atoms with Crippen LogP contribution in [0.3, 0.4) is 0 Å². The van der Waals surface area contributed by atoms with Crippen LogP contribution in [0.2, 0.25) is 5.02 Å². The zero-order valence-electron chi connectivity index (χ0n) is 9.59. The molecule has 0 amide bonds. The molecule has 0 radical (unpaired) electrons. The summed E-state index contributed by atoms with van der Waals surface area (Å²) in [7, 11) is 0. The number of ether oxygens (including phenoxy) is 1. The molecule has 1 aromatic heterocycles. The van der Waals surface area contributed by atoms with Crippen LogP contribution in [0.1, 0.15) is 11.1 Å². The van der Waals surface area contributed by atoms with Gasteiger partial charge in [-0.1, -0.05) is 11.6 Å². The molecule has 2 rings (SSSR count). The highest BCUT2D eigenvalue weighted by atomic mass is 35.5. The number of hydrogen-bond donors (Lipinski definition) is 1. The van der Waals surface area contributed by atoms with E-state index >= 15 is 0 Å². The Balaban J connectivity index is 2.38. The minimum atomic E-state index is 0.0946. The zero-order chi connectivity index (χ0) is 13.8. The van der Waals surface area contributed by atoms with Crippen molar-refractivity contribution < 1.29 is 4.74 Å². The number of benzene rings is 1. The van der Waals surface area contributed by atoms with Crippen molar-refractivity contribution in [2.75, 3.05) is 5.73 Å². The molecule has 0 saturated heterocycles. The molecule has 1 aromatic carbocycles. The van der Waals surface area contributed by atoms with Gasteiger partial charge in [-0.15, -0.1) is 0 Å². The number of pyridine rings is 1. The molecule has 0 spiro atoms. The van der Waals surface area contributed by atoms with Gasteiger partial charge in [0.05, 0.1) is 22.9 Å². The first-order valence-corrected chi connectivity index (χ1v) is 5.55. The van der Waals surface area contributed by atoms with Gasteiger partial charge in [-0.05, 0) is 24.3 Å². The maximum Gasteiger partial charge on any atom is 0.239 e. The molecule has 6 heteroatoms. The Morgan fingerprint density at radius 1 is 1.21 bits per heavy atom. The predicted molar refractivity (Wildman–Crippen MR) is 69.6 cm³/mol. The second kappa shape index (κ2) is 5.26. The lowest BCUT2D eigenvalue weighted by Gasteiger charge is -2.09. The summed E-state index contributed by atoms with van der Waals surface area (Å²) in [6, 6.07) is 9.97. The van der Waals surface area contributed by atoms with Crippen LogP contribution in [-0.4, -0.2) is 4.98 Å². The Morgan fingerprint density at radius 2 is 2.00 bits per heavy atom. The van der Waals surface area contributed by atoms with Gasteiger partial charge in [0.15, 0.2) is 5.75 Å². The normalized spacial score (nSPS) is 9.42. The molecular weight excluding hydrogens is 264 g/mol. The Morgan fingerprint density at radius 3 is 2.63 bits per heavy atom. The first kappa shape index (κ1) is 12.7. The Bertz CT molecular complexity index is 716. The van der Waals surface area contributed by atoms with E-state index in [4.69, 9.17) is 32.6 Å². The van der Waals surface area contributed by atoms with E-state index < -0.39 is 0 Å². The number of aromatic nitrogens is 1. The number of nitrogens with zero attached hydrogens (tertiary/aromatic N) is 3. The van der Waals surface area contributed by atoms with E-state index in [2.05, 4.69) is 4.98 Å². The molecule has 0 saturated carbocycles. The average Bonchev–Trinajstić information content (AvgIpc) is 2.43. The van der Waals surface area contributed by atoms with Crippen LogP contribution in [0, 0.1) is 22.7 Å². The van der Waals surface area contributed by atoms with Gasteiger partial charge in [-0.25, -0.2) is 4.98 Å². The second-order valence-corrected chi connectivity index (χ2v) is 3.93. The highest BCUT2D eigenvalue weighted by Gasteiger charge is 2.11. The van der Waals surface area contributed by atoms with Gasteiger partial charge >= 0.3 is 0 Å². The van der Waals surface area contributed by atoms with E-state index in [0.29, 0.717) is 17.0 Å². The van der Waals surface area contributed by atoms with Crippen LogP contribution in [0.4, 0.5) is 5.69 Å². The minimum absolute atomic E-state index is 0.0946. The van der Waals surface area contributed by atoms with Crippen LogP contribution in [0.5, 0.6) is 11.6 Å². The first-order chi connectivity index (χ1) is 9.15. The van der Waals surface area contributed by atoms with E-state index in [9.17, 15) is 0 Å². The van der Waals surface area contributed by atoms with Gasteiger partial charge < -0.3 is 10.5 Å². The number of nitrogen functional groups attached to an aromatic ring is 1. The van der Waals surface area contributed by atoms with Crippen molar-refractivity contribution >= 4 is 17.3 Å². The molecule has 0 unspecified atom stereocenters. The Kier molecular flexibility index (Phi) is 3.51. The van der Waals surface area contributed by atoms with Gasteiger partial charge in [0.2, 0.25) is 5.88 Å². The molecule has 1 heterocycles. The Labute approximate surface area is 114 Å². The quantitative estimate of drug-likeness (QED) is 0.847. The number of halogens is 1. The van der Waals surface area contributed by atoms with Crippen molar-refractivity contribution in [1.82, 2.24) is 4.98 Å². The maximum atomic E-state index is 8.85. The van der Waals surface area contributed by atoms with Crippen molar-refractivity contribution in [3.63, 3.8) is 0 Å². The van der Waals surface area contributed by atoms with Gasteiger partial charge in [0.25, 0.3) is 0 Å². The molecule has 0 bridgehead atoms. The molecule has 92 valence electrons. The number of nitriles is 2. The maximum absolute atomic E-state index is 8.85. The van der Waals surface area contributed by atoms with E-state index in [1.54, 1.807) is 12.1 Å². The van der Waals surface area contributed by atoms with E-state index in [1.807, 2.05) is 12.1 Å². The van der Waals surface area contributed by atoms with Crippen LogP contribution >= 0.6 is 11.6 Å². The lowest BCUT2D eigenvalue weighted by Crippen LogP contribution is -1.95. The standard InChI is InChI=1S/C13H7ClN4O/c14-12-9(7-16)3-4-18-13(12)19-11-2-1-8(6-15)5-10(11)17/h1-5H,17H2. The smallest absolute Gasteiger partial charge is 0.239 e. The third-order valence-electron chi connectivity index (χ3n) is 2.32. The van der Waals surface area contributed by atoms with Crippen LogP contribution in [0.25, 0.3) is 0 Å². The molecule has 0 atom stereocenters. The lowest BCUT2D eigenvalue weighted by atomic mass is 10.2. The fourth-order valence-electron chi connectivity index (χ4n) is 1.40. The van der Waals surface area contributed by atoms with E-state index in [1.165, 1.54) is 18.3 Å². The number of nitrogens with two attached hydrogens (primary N) is 1. The van der Waals surface area contributed by atoms with Crippen molar-refractivity contribution in [2.45, 2.75) is 0 Å². The van der Waals surface area contributed by atoms with Crippen molar-refractivity contribution in [3.8, 4) is 23.8 Å². The van der Waals surface area contributed by atoms with Crippen molar-refractivity contribution in [3.05, 3.63) is 46.6 Å². The predicted octanol–water partition coefficient (Wildman–Crippen LogP) is 2.85. The summed E-state index contributed by atoms with van der Waals surface area (Å²) in [5.74, 6) is 0.417. The highest BCUT2D eigenvalue weighted by molar-refractivity contribution is 6.33. The number of hydrogen-bond acceptors (Lipinski definition) is 5. The Hall–Kier alpha value is -2.76. The molecular formula is C13H7ClN4O. The lowest BCUT2D eigenvalue weighted by molar-refractivity contribution is 0.465. The molecule has 2 N–H and O–H groups in total. The summed E-state index contributed by atoms with van der Waals surface area (Å²) < 4.78 is 5.45. The summed E-state index contributed by atoms with van der Waals surface area (Å²) in [6.45, 7) is 0. The van der Waals surface area contributed by atoms with Gasteiger partial charge in [-0.2, -0.15) is 10.5 Å². The monoisotopic (exact) mass is 270 g/mol. The third-order valence-corrected chi connectivity index (χ3v) is 2.69. The third kappa shape index (κ3) is 2.57. The number of anilines is 1. The fourth-order valence-corrected chi connectivity index (χ4v) is 1.59. The summed E-state index contributed by atoms with van der Waals surface area (Å²) in [5.41, 5.74) is 6.73. The summed E-state index contributed by atoms with van der Waals surface area (Å²) in [6.07, 6.45) is 1.42. The van der Waals surface area contributed by atoms with Crippen LogP contribution in [-0.2, 0) is 0 Å². The summed E-state index contributed by atoms with van der Waals surface area (Å²) >= 11 is 5.97. The van der Waals surface area contributed by atoms with Crippen molar-refractivity contribution in [1.29, 1.82) is 10.5 Å². The molecule has 0 fully saturated rings. The minimum Gasteiger partial charge on any atom is -0.435 e. The van der Waals surface area contributed by atoms with Crippen molar-refractivity contribution in [2.24, 2.45) is 0 Å². The van der Waals surface area contributed by atoms with Gasteiger partial charge in [0, 0.05) is 6.20 Å². The van der Waals surface area contributed by atoms with Gasteiger partial charge in [-0.3, -0.25) is 0 Å². The molecule has 0 aliphatic rings. The molecule has 0 aliphatic carbocycles. The molecule has 19 heavy (non-hydrogen) atoms. The molecule has 0 aliphatic heterocycles. The fraction of sp³-hybridized carbons (Fsp3) is 0. The SMILES string of the molecule is N#Cc1ccc(Oc2nccc(C#N)c2Cl)c(N)c1. The molecule has 2 aromatic rings. The van der Waals surface area contributed by atoms with Crippen LogP contribution in [0.15, 0.2) is 30.5 Å². The molecule has 5 nitrogen and oxygen atoms in total. The largest absolute Gasteiger partial charge is 0.435 e. The first-order valence-electron chi connectivity index (χ1n) is 5.17. The van der Waals surface area contributed by atoms with E-state index in [0.717, 1.165) is 0 Å². The van der Waals surface area contributed by atoms with E-state index in [-0.39, 0.29) is 16.5 Å². The average molecular weight is 271 g/mol. The topological polar surface area (TPSA) is 95.7 Å². The van der Waals surface area contributed by atoms with Gasteiger partial charge in [0.1, 0.15) is 11.1 Å². The zero-order valence-corrected chi connectivity index (χ0v) is 10.3.